The smallest absolute Gasteiger partial charge is 0.262 e. The number of nitrogens with one attached hydrogen (secondary N) is 1. The van der Waals surface area contributed by atoms with Crippen LogP contribution >= 0.6 is 0 Å². The van der Waals surface area contributed by atoms with Crippen molar-refractivity contribution in [3.05, 3.63) is 84.2 Å². The molecule has 8 heteroatoms. The minimum Gasteiger partial charge on any atom is -0.495 e. The summed E-state index contributed by atoms with van der Waals surface area (Å²) in [5.41, 5.74) is 1.45. The van der Waals surface area contributed by atoms with E-state index in [1.165, 1.54) is 42.6 Å². The molecule has 0 fully saturated rings. The molecule has 156 valence electrons. The van der Waals surface area contributed by atoms with Crippen LogP contribution in [0.1, 0.15) is 15.9 Å². The van der Waals surface area contributed by atoms with E-state index >= 15 is 0 Å². The topological polar surface area (TPSA) is 88.6 Å². The van der Waals surface area contributed by atoms with Gasteiger partial charge < -0.3 is 9.64 Å². The largest absolute Gasteiger partial charge is 0.495 e. The van der Waals surface area contributed by atoms with Crippen LogP contribution in [0, 0.1) is 0 Å². The van der Waals surface area contributed by atoms with Gasteiger partial charge in [-0.2, -0.15) is 0 Å². The fourth-order valence-corrected chi connectivity index (χ4v) is 4.16. The van der Waals surface area contributed by atoms with Gasteiger partial charge in [0.25, 0.3) is 15.9 Å². The van der Waals surface area contributed by atoms with Crippen molar-refractivity contribution in [3.63, 3.8) is 0 Å². The lowest BCUT2D eigenvalue weighted by Gasteiger charge is -2.19. The first kappa shape index (κ1) is 21.3. The third-order valence-corrected chi connectivity index (χ3v) is 5.97. The number of aromatic nitrogens is 1. The number of rotatable bonds is 8. The normalized spacial score (nSPS) is 11.0. The van der Waals surface area contributed by atoms with E-state index in [9.17, 15) is 13.2 Å². The van der Waals surface area contributed by atoms with Gasteiger partial charge in [-0.3, -0.25) is 14.5 Å². The average Bonchev–Trinajstić information content (AvgIpc) is 2.77. The van der Waals surface area contributed by atoms with Crippen LogP contribution in [-0.4, -0.2) is 44.9 Å². The SMILES string of the molecule is COc1cncc(NS(=O)(=O)c2ccccc2C(=O)N(C)CCc2ccccc2)c1. The monoisotopic (exact) mass is 425 g/mol. The van der Waals surface area contributed by atoms with Crippen molar-refractivity contribution in [1.82, 2.24) is 9.88 Å². The highest BCUT2D eigenvalue weighted by Crippen LogP contribution is 2.22. The number of likely N-dealkylation sites (N-methyl/N-ethyl adjacent to an activating group) is 1. The second-order valence-corrected chi connectivity index (χ2v) is 8.33. The number of hydrogen-bond donors (Lipinski definition) is 1. The third kappa shape index (κ3) is 5.15. The number of anilines is 1. The Morgan fingerprint density at radius 1 is 1.07 bits per heavy atom. The van der Waals surface area contributed by atoms with Gasteiger partial charge in [0.1, 0.15) is 10.6 Å². The van der Waals surface area contributed by atoms with E-state index < -0.39 is 10.0 Å². The molecule has 0 aliphatic rings. The van der Waals surface area contributed by atoms with Crippen LogP contribution in [0.25, 0.3) is 0 Å². The van der Waals surface area contributed by atoms with Crippen molar-refractivity contribution in [3.8, 4) is 5.75 Å². The molecule has 0 saturated heterocycles. The van der Waals surface area contributed by atoms with Crippen molar-refractivity contribution in [2.45, 2.75) is 11.3 Å². The fraction of sp³-hybridized carbons (Fsp3) is 0.182. The zero-order valence-electron chi connectivity index (χ0n) is 16.8. The fourth-order valence-electron chi connectivity index (χ4n) is 2.92. The molecule has 2 aromatic carbocycles. The Kier molecular flexibility index (Phi) is 6.68. The first-order valence-electron chi connectivity index (χ1n) is 9.31. The number of sulfonamides is 1. The van der Waals surface area contributed by atoms with Crippen molar-refractivity contribution < 1.29 is 17.9 Å². The summed E-state index contributed by atoms with van der Waals surface area (Å²) in [7, 11) is -0.880. The van der Waals surface area contributed by atoms with Crippen LogP contribution < -0.4 is 9.46 Å². The number of amides is 1. The number of hydrogen-bond acceptors (Lipinski definition) is 5. The van der Waals surface area contributed by atoms with Crippen molar-refractivity contribution in [2.75, 3.05) is 25.4 Å². The summed E-state index contributed by atoms with van der Waals surface area (Å²) in [6, 6.07) is 17.5. The number of carbonyl (C=O) groups excluding carboxylic acids is 1. The molecule has 1 heterocycles. The Morgan fingerprint density at radius 2 is 1.77 bits per heavy atom. The Labute approximate surface area is 176 Å². The van der Waals surface area contributed by atoms with Gasteiger partial charge in [-0.15, -0.1) is 0 Å². The highest BCUT2D eigenvalue weighted by Gasteiger charge is 2.24. The third-order valence-electron chi connectivity index (χ3n) is 4.53. The number of carbonyl (C=O) groups is 1. The average molecular weight is 426 g/mol. The molecule has 0 spiro atoms. The van der Waals surface area contributed by atoms with Crippen molar-refractivity contribution in [2.24, 2.45) is 0 Å². The second kappa shape index (κ2) is 9.41. The molecule has 0 aliphatic carbocycles. The molecular weight excluding hydrogens is 402 g/mol. The van der Waals surface area contributed by atoms with E-state index in [4.69, 9.17) is 4.74 Å². The van der Waals surface area contributed by atoms with E-state index in [0.29, 0.717) is 18.7 Å². The second-order valence-electron chi connectivity index (χ2n) is 6.68. The predicted molar refractivity (Wildman–Crippen MR) is 115 cm³/mol. The molecular formula is C22H23N3O4S. The number of pyridine rings is 1. The van der Waals surface area contributed by atoms with Crippen LogP contribution in [-0.2, 0) is 16.4 Å². The summed E-state index contributed by atoms with van der Waals surface area (Å²) < 4.78 is 33.5. The molecule has 7 nitrogen and oxygen atoms in total. The Bertz CT molecular complexity index is 1120. The molecule has 0 aliphatic heterocycles. The summed E-state index contributed by atoms with van der Waals surface area (Å²) >= 11 is 0. The molecule has 1 aromatic heterocycles. The molecule has 1 amide bonds. The van der Waals surface area contributed by atoms with Gasteiger partial charge in [-0.05, 0) is 24.1 Å². The lowest BCUT2D eigenvalue weighted by atomic mass is 10.1. The molecule has 1 N–H and O–H groups in total. The van der Waals surface area contributed by atoms with E-state index in [-0.39, 0.29) is 22.1 Å². The number of methoxy groups -OCH3 is 1. The van der Waals surface area contributed by atoms with Crippen LogP contribution in [0.15, 0.2) is 78.0 Å². The lowest BCUT2D eigenvalue weighted by Crippen LogP contribution is -2.30. The molecule has 30 heavy (non-hydrogen) atoms. The standard InChI is InChI=1S/C22H23N3O4S/c1-25(13-12-17-8-4-3-5-9-17)22(26)20-10-6-7-11-21(20)30(27,28)24-18-14-19(29-2)16-23-15-18/h3-11,14-16,24H,12-13H2,1-2H3. The molecule has 3 aromatic rings. The van der Waals surface area contributed by atoms with Crippen LogP contribution in [0.5, 0.6) is 5.75 Å². The summed E-state index contributed by atoms with van der Waals surface area (Å²) in [6.45, 7) is 0.463. The van der Waals surface area contributed by atoms with Gasteiger partial charge in [0.2, 0.25) is 0 Å². The molecule has 3 rings (SSSR count). The quantitative estimate of drug-likeness (QED) is 0.599. The maximum absolute atomic E-state index is 13.0. The Balaban J connectivity index is 1.80. The van der Waals surface area contributed by atoms with Crippen LogP contribution in [0.3, 0.4) is 0 Å². The summed E-state index contributed by atoms with van der Waals surface area (Å²) in [5.74, 6) is 0.0517. The number of ether oxygens (including phenoxy) is 1. The van der Waals surface area contributed by atoms with Gasteiger partial charge in [0.15, 0.2) is 0 Å². The van der Waals surface area contributed by atoms with Gasteiger partial charge in [0.05, 0.1) is 30.8 Å². The zero-order chi connectivity index (χ0) is 21.6. The first-order chi connectivity index (χ1) is 14.4. The van der Waals surface area contributed by atoms with Gasteiger partial charge >= 0.3 is 0 Å². The highest BCUT2D eigenvalue weighted by molar-refractivity contribution is 7.92. The maximum Gasteiger partial charge on any atom is 0.262 e. The van der Waals surface area contributed by atoms with Gasteiger partial charge in [-0.1, -0.05) is 42.5 Å². The number of nitrogens with zero attached hydrogens (tertiary/aromatic N) is 2. The van der Waals surface area contributed by atoms with Crippen LogP contribution in [0.2, 0.25) is 0 Å². The molecule has 0 bridgehead atoms. The molecule has 0 unspecified atom stereocenters. The zero-order valence-corrected chi connectivity index (χ0v) is 17.6. The van der Waals surface area contributed by atoms with Gasteiger partial charge in [0, 0.05) is 19.7 Å². The van der Waals surface area contributed by atoms with Crippen LogP contribution in [0.4, 0.5) is 5.69 Å². The highest BCUT2D eigenvalue weighted by atomic mass is 32.2. The van der Waals surface area contributed by atoms with Gasteiger partial charge in [-0.25, -0.2) is 8.42 Å². The summed E-state index contributed by atoms with van der Waals surface area (Å²) in [4.78, 5) is 18.4. The molecule has 0 radical (unpaired) electrons. The molecule has 0 saturated carbocycles. The van der Waals surface area contributed by atoms with E-state index in [0.717, 1.165) is 5.56 Å². The van der Waals surface area contributed by atoms with E-state index in [1.807, 2.05) is 30.3 Å². The van der Waals surface area contributed by atoms with Crippen molar-refractivity contribution >= 4 is 21.6 Å². The minimum absolute atomic E-state index is 0.0932. The predicted octanol–water partition coefficient (Wildman–Crippen LogP) is 3.21. The summed E-state index contributed by atoms with van der Waals surface area (Å²) in [6.07, 6.45) is 3.51. The van der Waals surface area contributed by atoms with E-state index in [1.54, 1.807) is 19.2 Å². The lowest BCUT2D eigenvalue weighted by molar-refractivity contribution is 0.0793. The van der Waals surface area contributed by atoms with E-state index in [2.05, 4.69) is 9.71 Å². The Hall–Kier alpha value is -3.39. The first-order valence-corrected chi connectivity index (χ1v) is 10.8. The Morgan fingerprint density at radius 3 is 2.50 bits per heavy atom. The maximum atomic E-state index is 13.0. The summed E-state index contributed by atoms with van der Waals surface area (Å²) in [5, 5.41) is 0. The number of benzene rings is 2. The van der Waals surface area contributed by atoms with Crippen molar-refractivity contribution in [1.29, 1.82) is 0 Å². The molecule has 0 atom stereocenters. The minimum atomic E-state index is -4.01.